The zero-order valence-electron chi connectivity index (χ0n) is 11.2. The molecule has 0 N–H and O–H groups in total. The molecule has 1 amide bonds. The van der Waals surface area contributed by atoms with Gasteiger partial charge in [-0.2, -0.15) is 0 Å². The lowest BCUT2D eigenvalue weighted by Gasteiger charge is -2.20. The zero-order chi connectivity index (χ0) is 13.5. The number of hydrogen-bond acceptors (Lipinski definition) is 3. The summed E-state index contributed by atoms with van der Waals surface area (Å²) in [6, 6.07) is 0. The summed E-state index contributed by atoms with van der Waals surface area (Å²) in [7, 11) is 0. The Hall–Kier alpha value is -0.610. The predicted octanol–water partition coefficient (Wildman–Crippen LogP) is 3.61. The van der Waals surface area contributed by atoms with Crippen LogP contribution in [0.1, 0.15) is 49.2 Å². The van der Waals surface area contributed by atoms with E-state index < -0.39 is 0 Å². The minimum atomic E-state index is 0.344. The number of carbonyl (C=O) groups excluding carboxylic acids is 1. The number of aromatic nitrogens is 1. The minimum absolute atomic E-state index is 0.344. The molecule has 0 unspecified atom stereocenters. The molecule has 1 aromatic heterocycles. The average Bonchev–Trinajstić information content (AvgIpc) is 2.79. The van der Waals surface area contributed by atoms with Gasteiger partial charge in [0.05, 0.1) is 16.6 Å². The first-order chi connectivity index (χ1) is 9.29. The van der Waals surface area contributed by atoms with Crippen LogP contribution < -0.4 is 0 Å². The molecule has 2 heterocycles. The molecule has 1 fully saturated rings. The van der Waals surface area contributed by atoms with E-state index in [2.05, 4.69) is 4.98 Å². The molecule has 1 aliphatic rings. The molecule has 106 valence electrons. The number of rotatable bonds is 6. The van der Waals surface area contributed by atoms with Gasteiger partial charge in [-0.05, 0) is 32.1 Å². The molecular formula is C14H21ClN2OS. The summed E-state index contributed by atoms with van der Waals surface area (Å²) in [6.07, 6.45) is 7.34. The maximum atomic E-state index is 11.8. The number of carbonyl (C=O) groups is 1. The van der Waals surface area contributed by atoms with Crippen LogP contribution in [0.5, 0.6) is 0 Å². The van der Waals surface area contributed by atoms with Crippen LogP contribution >= 0.6 is 22.9 Å². The van der Waals surface area contributed by atoms with Gasteiger partial charge in [0, 0.05) is 24.9 Å². The number of thiazole rings is 1. The van der Waals surface area contributed by atoms with Gasteiger partial charge in [0.25, 0.3) is 0 Å². The second-order valence-corrected chi connectivity index (χ2v) is 6.22. The van der Waals surface area contributed by atoms with Gasteiger partial charge in [-0.25, -0.2) is 4.98 Å². The Morgan fingerprint density at radius 1 is 1.32 bits per heavy atom. The SMILES string of the molecule is O=C1CCCCCN1CCCCc1nc(CCl)cs1. The molecule has 0 radical (unpaired) electrons. The highest BCUT2D eigenvalue weighted by Gasteiger charge is 2.15. The van der Waals surface area contributed by atoms with E-state index >= 15 is 0 Å². The third-order valence-corrected chi connectivity index (χ3v) is 4.71. The summed E-state index contributed by atoms with van der Waals surface area (Å²) in [5.74, 6) is 0.842. The van der Waals surface area contributed by atoms with E-state index in [1.54, 1.807) is 11.3 Å². The maximum Gasteiger partial charge on any atom is 0.222 e. The van der Waals surface area contributed by atoms with Crippen LogP contribution in [0, 0.1) is 0 Å². The first-order valence-electron chi connectivity index (χ1n) is 7.06. The topological polar surface area (TPSA) is 33.2 Å². The third-order valence-electron chi connectivity index (χ3n) is 3.48. The van der Waals surface area contributed by atoms with E-state index in [4.69, 9.17) is 11.6 Å². The maximum absolute atomic E-state index is 11.8. The van der Waals surface area contributed by atoms with Crippen molar-refractivity contribution in [2.45, 2.75) is 50.8 Å². The van der Waals surface area contributed by atoms with Crippen molar-refractivity contribution >= 4 is 28.8 Å². The van der Waals surface area contributed by atoms with Crippen molar-refractivity contribution in [3.05, 3.63) is 16.1 Å². The number of amides is 1. The van der Waals surface area contributed by atoms with Crippen LogP contribution in [0.15, 0.2) is 5.38 Å². The fourth-order valence-corrected chi connectivity index (χ4v) is 3.45. The predicted molar refractivity (Wildman–Crippen MR) is 79.7 cm³/mol. The van der Waals surface area contributed by atoms with E-state index in [0.717, 1.165) is 62.3 Å². The molecule has 5 heteroatoms. The van der Waals surface area contributed by atoms with Crippen LogP contribution in [0.3, 0.4) is 0 Å². The van der Waals surface area contributed by atoms with Crippen LogP contribution in [0.2, 0.25) is 0 Å². The quantitative estimate of drug-likeness (QED) is 0.594. The second kappa shape index (κ2) is 7.85. The van der Waals surface area contributed by atoms with Gasteiger partial charge in [-0.3, -0.25) is 4.79 Å². The first-order valence-corrected chi connectivity index (χ1v) is 8.48. The monoisotopic (exact) mass is 300 g/mol. The number of halogens is 1. The zero-order valence-corrected chi connectivity index (χ0v) is 12.8. The van der Waals surface area contributed by atoms with E-state index in [1.165, 1.54) is 6.42 Å². The van der Waals surface area contributed by atoms with E-state index in [9.17, 15) is 4.79 Å². The lowest BCUT2D eigenvalue weighted by atomic mass is 10.2. The molecule has 1 aliphatic heterocycles. The minimum Gasteiger partial charge on any atom is -0.343 e. The van der Waals surface area contributed by atoms with Gasteiger partial charge < -0.3 is 4.90 Å². The number of hydrogen-bond donors (Lipinski definition) is 0. The molecule has 3 nitrogen and oxygen atoms in total. The normalized spacial score (nSPS) is 16.7. The van der Waals surface area contributed by atoms with Gasteiger partial charge in [0.15, 0.2) is 0 Å². The molecule has 0 saturated carbocycles. The van der Waals surface area contributed by atoms with Crippen LogP contribution in [-0.4, -0.2) is 28.9 Å². The van der Waals surface area contributed by atoms with Crippen molar-refractivity contribution in [1.82, 2.24) is 9.88 Å². The summed E-state index contributed by atoms with van der Waals surface area (Å²) in [5, 5.41) is 3.19. The molecule has 1 saturated heterocycles. The third kappa shape index (κ3) is 4.77. The number of unbranched alkanes of at least 4 members (excludes halogenated alkanes) is 1. The standard InChI is InChI=1S/C14H21ClN2OS/c15-10-12-11-19-13(16-12)6-3-5-9-17-8-4-1-2-7-14(17)18/h11H,1-10H2. The van der Waals surface area contributed by atoms with Gasteiger partial charge in [0.2, 0.25) is 5.91 Å². The van der Waals surface area contributed by atoms with Crippen molar-refractivity contribution in [3.8, 4) is 0 Å². The molecule has 0 aromatic carbocycles. The Morgan fingerprint density at radius 2 is 2.21 bits per heavy atom. The fourth-order valence-electron chi connectivity index (χ4n) is 2.38. The molecule has 0 spiro atoms. The Kier molecular flexibility index (Phi) is 6.11. The van der Waals surface area contributed by atoms with Crippen LogP contribution in [0.25, 0.3) is 0 Å². The van der Waals surface area contributed by atoms with E-state index in [0.29, 0.717) is 11.8 Å². The average molecular weight is 301 g/mol. The Labute approximate surface area is 124 Å². The van der Waals surface area contributed by atoms with Gasteiger partial charge in [-0.15, -0.1) is 22.9 Å². The van der Waals surface area contributed by atoms with Crippen molar-refractivity contribution in [3.63, 3.8) is 0 Å². The highest BCUT2D eigenvalue weighted by atomic mass is 35.5. The van der Waals surface area contributed by atoms with E-state index in [-0.39, 0.29) is 0 Å². The van der Waals surface area contributed by atoms with E-state index in [1.807, 2.05) is 10.3 Å². The van der Waals surface area contributed by atoms with Crippen LogP contribution in [-0.2, 0) is 17.1 Å². The summed E-state index contributed by atoms with van der Waals surface area (Å²) in [4.78, 5) is 18.3. The summed E-state index contributed by atoms with van der Waals surface area (Å²) in [5.41, 5.74) is 0.976. The summed E-state index contributed by atoms with van der Waals surface area (Å²) < 4.78 is 0. The Balaban J connectivity index is 1.66. The first kappa shape index (κ1) is 14.8. The molecule has 19 heavy (non-hydrogen) atoms. The lowest BCUT2D eigenvalue weighted by Crippen LogP contribution is -2.31. The highest BCUT2D eigenvalue weighted by molar-refractivity contribution is 7.09. The van der Waals surface area contributed by atoms with Crippen molar-refractivity contribution in [1.29, 1.82) is 0 Å². The van der Waals surface area contributed by atoms with Gasteiger partial charge >= 0.3 is 0 Å². The fraction of sp³-hybridized carbons (Fsp3) is 0.714. The highest BCUT2D eigenvalue weighted by Crippen LogP contribution is 2.15. The van der Waals surface area contributed by atoms with Crippen molar-refractivity contribution in [2.24, 2.45) is 0 Å². The number of alkyl halides is 1. The largest absolute Gasteiger partial charge is 0.343 e. The smallest absolute Gasteiger partial charge is 0.222 e. The molecule has 1 aromatic rings. The van der Waals surface area contributed by atoms with Crippen LogP contribution in [0.4, 0.5) is 0 Å². The lowest BCUT2D eigenvalue weighted by molar-refractivity contribution is -0.130. The Morgan fingerprint density at radius 3 is 3.00 bits per heavy atom. The van der Waals surface area contributed by atoms with Crippen molar-refractivity contribution in [2.75, 3.05) is 13.1 Å². The second-order valence-electron chi connectivity index (χ2n) is 5.01. The van der Waals surface area contributed by atoms with Gasteiger partial charge in [0.1, 0.15) is 0 Å². The summed E-state index contributed by atoms with van der Waals surface area (Å²) >= 11 is 7.42. The number of likely N-dealkylation sites (tertiary alicyclic amines) is 1. The molecule has 0 atom stereocenters. The van der Waals surface area contributed by atoms with Crippen molar-refractivity contribution < 1.29 is 4.79 Å². The Bertz CT molecular complexity index is 408. The number of aryl methyl sites for hydroxylation is 1. The van der Waals surface area contributed by atoms with Gasteiger partial charge in [-0.1, -0.05) is 6.42 Å². The molecule has 2 rings (SSSR count). The number of nitrogens with zero attached hydrogens (tertiary/aromatic N) is 2. The molecular weight excluding hydrogens is 280 g/mol. The summed E-state index contributed by atoms with van der Waals surface area (Å²) in [6.45, 7) is 1.86. The molecule has 0 bridgehead atoms. The molecule has 0 aliphatic carbocycles.